The Labute approximate surface area is 180 Å². The smallest absolute Gasteiger partial charge is 0.122 e. The number of phenols is 1. The van der Waals surface area contributed by atoms with Crippen LogP contribution in [-0.4, -0.2) is 16.6 Å². The van der Waals surface area contributed by atoms with Gasteiger partial charge in [0.2, 0.25) is 0 Å². The molecule has 0 spiro atoms. The van der Waals surface area contributed by atoms with Crippen molar-refractivity contribution in [1.29, 1.82) is 5.26 Å². The molecule has 3 nitrogen and oxygen atoms in total. The molecule has 0 fully saturated rings. The average molecular weight is 407 g/mol. The molecule has 0 saturated carbocycles. The van der Waals surface area contributed by atoms with Gasteiger partial charge in [-0.25, -0.2) is 0 Å². The fourth-order valence-electron chi connectivity index (χ4n) is 3.22. The van der Waals surface area contributed by atoms with Crippen molar-refractivity contribution in [3.63, 3.8) is 0 Å². The van der Waals surface area contributed by atoms with Crippen molar-refractivity contribution in [3.8, 4) is 11.8 Å². The fraction of sp³-hybridized carbons (Fsp3) is 0.360. The van der Waals surface area contributed by atoms with Crippen molar-refractivity contribution in [2.75, 3.05) is 6.54 Å². The Morgan fingerprint density at radius 1 is 1.10 bits per heavy atom. The Morgan fingerprint density at radius 3 is 2.21 bits per heavy atom. The van der Waals surface area contributed by atoms with Crippen LogP contribution in [0.3, 0.4) is 0 Å². The highest BCUT2D eigenvalue weighted by Gasteiger charge is 2.15. The van der Waals surface area contributed by atoms with Crippen LogP contribution in [0.5, 0.6) is 5.75 Å². The van der Waals surface area contributed by atoms with E-state index < -0.39 is 0 Å². The summed E-state index contributed by atoms with van der Waals surface area (Å²) < 4.78 is 0. The summed E-state index contributed by atoms with van der Waals surface area (Å²) in [5.74, 6) is 0.733. The zero-order valence-electron chi connectivity index (χ0n) is 17.7. The highest BCUT2D eigenvalue weighted by atomic mass is 32.1. The van der Waals surface area contributed by atoms with Gasteiger partial charge in [0, 0.05) is 6.54 Å². The molecule has 2 aromatic rings. The third-order valence-corrected chi connectivity index (χ3v) is 5.25. The molecule has 0 aromatic heterocycles. The van der Waals surface area contributed by atoms with Crippen LogP contribution < -0.4 is 5.32 Å². The highest BCUT2D eigenvalue weighted by molar-refractivity contribution is 7.80. The molecule has 0 heterocycles. The van der Waals surface area contributed by atoms with Crippen LogP contribution in [0.1, 0.15) is 68.2 Å². The average Bonchev–Trinajstić information content (AvgIpc) is 2.70. The highest BCUT2D eigenvalue weighted by Crippen LogP contribution is 2.35. The molecule has 0 aliphatic carbocycles. The zero-order chi connectivity index (χ0) is 21.4. The number of thiocarbonyl (C=S) groups is 1. The van der Waals surface area contributed by atoms with Crippen molar-refractivity contribution in [3.05, 3.63) is 70.3 Å². The lowest BCUT2D eigenvalue weighted by molar-refractivity contribution is 0.454. The quantitative estimate of drug-likeness (QED) is 0.241. The van der Waals surface area contributed by atoms with E-state index in [0.29, 0.717) is 16.3 Å². The number of rotatable bonds is 8. The van der Waals surface area contributed by atoms with Crippen molar-refractivity contribution in [2.24, 2.45) is 0 Å². The van der Waals surface area contributed by atoms with Gasteiger partial charge < -0.3 is 10.4 Å². The van der Waals surface area contributed by atoms with Gasteiger partial charge in [0.25, 0.3) is 0 Å². The third-order valence-electron chi connectivity index (χ3n) is 4.88. The lowest BCUT2D eigenvalue weighted by Gasteiger charge is -2.17. The number of nitriles is 1. The van der Waals surface area contributed by atoms with Gasteiger partial charge in [0.1, 0.15) is 16.8 Å². The first kappa shape index (κ1) is 22.6. The maximum atomic E-state index is 10.6. The van der Waals surface area contributed by atoms with Crippen molar-refractivity contribution < 1.29 is 5.11 Å². The van der Waals surface area contributed by atoms with E-state index in [2.05, 4.69) is 51.2 Å². The Morgan fingerprint density at radius 2 is 1.69 bits per heavy atom. The van der Waals surface area contributed by atoms with Gasteiger partial charge in [-0.3, -0.25) is 0 Å². The summed E-state index contributed by atoms with van der Waals surface area (Å²) in [5, 5.41) is 23.4. The minimum atomic E-state index is 0.189. The molecule has 2 rings (SSSR count). The Balaban J connectivity index is 2.12. The molecule has 0 unspecified atom stereocenters. The second kappa shape index (κ2) is 10.8. The summed E-state index contributed by atoms with van der Waals surface area (Å²) in [6.45, 7) is 8.93. The van der Waals surface area contributed by atoms with Gasteiger partial charge in [0.05, 0.1) is 5.57 Å². The van der Waals surface area contributed by atoms with Crippen LogP contribution in [0.25, 0.3) is 6.08 Å². The number of hydrogen-bond acceptors (Lipinski definition) is 3. The first-order chi connectivity index (χ1) is 13.8. The molecule has 0 saturated heterocycles. The molecule has 0 aliphatic rings. The van der Waals surface area contributed by atoms with E-state index in [4.69, 9.17) is 12.2 Å². The number of nitrogens with one attached hydrogen (secondary N) is 1. The molecule has 4 heteroatoms. The summed E-state index contributed by atoms with van der Waals surface area (Å²) in [7, 11) is 0. The van der Waals surface area contributed by atoms with Gasteiger partial charge in [-0.2, -0.15) is 5.26 Å². The van der Waals surface area contributed by atoms with Crippen molar-refractivity contribution in [1.82, 2.24) is 5.32 Å². The van der Waals surface area contributed by atoms with E-state index in [1.54, 1.807) is 0 Å². The van der Waals surface area contributed by atoms with Gasteiger partial charge in [-0.05, 0) is 65.1 Å². The van der Waals surface area contributed by atoms with Crippen molar-refractivity contribution in [2.45, 2.75) is 52.4 Å². The molecular weight excluding hydrogens is 376 g/mol. The van der Waals surface area contributed by atoms with Crippen LogP contribution in [0, 0.1) is 11.3 Å². The van der Waals surface area contributed by atoms with E-state index in [-0.39, 0.29) is 11.8 Å². The van der Waals surface area contributed by atoms with Crippen LogP contribution in [0.2, 0.25) is 0 Å². The minimum Gasteiger partial charge on any atom is -0.507 e. The fourth-order valence-corrected chi connectivity index (χ4v) is 3.42. The summed E-state index contributed by atoms with van der Waals surface area (Å²) in [6.07, 6.45) is 3.72. The molecule has 2 N–H and O–H groups in total. The number of aromatic hydroxyl groups is 1. The molecule has 152 valence electrons. The summed E-state index contributed by atoms with van der Waals surface area (Å²) in [6, 6.07) is 16.4. The van der Waals surface area contributed by atoms with E-state index in [1.807, 2.05) is 36.4 Å². The number of phenolic OH excluding ortho intramolecular Hbond substituents is 1. The van der Waals surface area contributed by atoms with Crippen LogP contribution in [0.15, 0.2) is 48.0 Å². The number of nitrogens with zero attached hydrogens (tertiary/aromatic N) is 1. The first-order valence-corrected chi connectivity index (χ1v) is 10.5. The van der Waals surface area contributed by atoms with E-state index in [1.165, 1.54) is 5.56 Å². The SMILES string of the molecule is CC(C)c1cc(/C=C(\C#N)C(=S)NCCCc2ccccc2)cc(C(C)C)c1O. The van der Waals surface area contributed by atoms with E-state index in [9.17, 15) is 10.4 Å². The van der Waals surface area contributed by atoms with Crippen LogP contribution in [-0.2, 0) is 6.42 Å². The number of aryl methyl sites for hydroxylation is 1. The number of hydrogen-bond donors (Lipinski definition) is 2. The maximum Gasteiger partial charge on any atom is 0.122 e. The lowest BCUT2D eigenvalue weighted by atomic mass is 9.91. The monoisotopic (exact) mass is 406 g/mol. The molecule has 0 amide bonds. The van der Waals surface area contributed by atoms with E-state index in [0.717, 1.165) is 36.1 Å². The molecular formula is C25H30N2OS. The molecule has 29 heavy (non-hydrogen) atoms. The molecule has 0 atom stereocenters. The second-order valence-electron chi connectivity index (χ2n) is 7.87. The lowest BCUT2D eigenvalue weighted by Crippen LogP contribution is -2.24. The zero-order valence-corrected chi connectivity index (χ0v) is 18.5. The Kier molecular flexibility index (Phi) is 8.42. The van der Waals surface area contributed by atoms with Crippen LogP contribution >= 0.6 is 12.2 Å². The molecule has 0 aliphatic heterocycles. The van der Waals surface area contributed by atoms with Gasteiger partial charge in [-0.1, -0.05) is 70.2 Å². The third kappa shape index (κ3) is 6.44. The maximum absolute atomic E-state index is 10.6. The molecule has 2 aromatic carbocycles. The van der Waals surface area contributed by atoms with Crippen LogP contribution in [0.4, 0.5) is 0 Å². The van der Waals surface area contributed by atoms with E-state index >= 15 is 0 Å². The van der Waals surface area contributed by atoms with Crippen molar-refractivity contribution >= 4 is 23.3 Å². The summed E-state index contributed by atoms with van der Waals surface area (Å²) in [5.41, 5.74) is 4.40. The van der Waals surface area contributed by atoms with Gasteiger partial charge in [0.15, 0.2) is 0 Å². The topological polar surface area (TPSA) is 56.0 Å². The van der Waals surface area contributed by atoms with Gasteiger partial charge >= 0.3 is 0 Å². The summed E-state index contributed by atoms with van der Waals surface area (Å²) >= 11 is 5.45. The Bertz CT molecular complexity index is 879. The first-order valence-electron chi connectivity index (χ1n) is 10.1. The predicted octanol–water partition coefficient (Wildman–Crippen LogP) is 6.10. The molecule has 0 bridgehead atoms. The molecule has 0 radical (unpaired) electrons. The second-order valence-corrected chi connectivity index (χ2v) is 8.28. The largest absolute Gasteiger partial charge is 0.507 e. The standard InChI is InChI=1S/C25H30N2OS/c1-17(2)22-14-20(15-23(18(3)4)24(22)28)13-21(16-26)25(29)27-12-8-11-19-9-6-5-7-10-19/h5-7,9-10,13-15,17-18,28H,8,11-12H2,1-4H3,(H,27,29)/b21-13+. The predicted molar refractivity (Wildman–Crippen MR) is 125 cm³/mol. The summed E-state index contributed by atoms with van der Waals surface area (Å²) in [4.78, 5) is 0.464. The van der Waals surface area contributed by atoms with Gasteiger partial charge in [-0.15, -0.1) is 0 Å². The normalized spacial score (nSPS) is 11.6. The minimum absolute atomic E-state index is 0.189. The number of benzene rings is 2. The Hall–Kier alpha value is -2.64.